The van der Waals surface area contributed by atoms with Crippen molar-refractivity contribution in [3.63, 3.8) is 0 Å². The van der Waals surface area contributed by atoms with Crippen molar-refractivity contribution in [1.82, 2.24) is 10.2 Å². The molecule has 0 bridgehead atoms. The number of nitrogens with one attached hydrogen (secondary N) is 1. The molecule has 0 radical (unpaired) electrons. The second-order valence-corrected chi connectivity index (χ2v) is 21.6. The highest BCUT2D eigenvalue weighted by molar-refractivity contribution is 7.91. The number of rotatable bonds is 7. The fourth-order valence-corrected chi connectivity index (χ4v) is 15.3. The van der Waals surface area contributed by atoms with Crippen molar-refractivity contribution in [3.05, 3.63) is 53.1 Å². The topological polar surface area (TPSA) is 104 Å². The van der Waals surface area contributed by atoms with Gasteiger partial charge in [0.15, 0.2) is 9.84 Å². The molecule has 53 heavy (non-hydrogen) atoms. The number of carbonyl (C=O) groups excluding carboxylic acids is 1. The van der Waals surface area contributed by atoms with Gasteiger partial charge in [-0.25, -0.2) is 22.0 Å². The first-order valence-electron chi connectivity index (χ1n) is 20.0. The molecule has 1 saturated heterocycles. The fourth-order valence-electron chi connectivity index (χ4n) is 14.0. The average molecular weight is 755 g/mol. The van der Waals surface area contributed by atoms with Gasteiger partial charge in [-0.1, -0.05) is 52.8 Å². The van der Waals surface area contributed by atoms with E-state index in [-0.39, 0.29) is 50.9 Å². The summed E-state index contributed by atoms with van der Waals surface area (Å²) < 4.78 is 53.8. The number of carboxylic acids is 1. The predicted molar refractivity (Wildman–Crippen MR) is 204 cm³/mol. The van der Waals surface area contributed by atoms with Crippen LogP contribution in [0.3, 0.4) is 0 Å². The van der Waals surface area contributed by atoms with Crippen LogP contribution < -0.4 is 5.32 Å². The molecular weight excluding hydrogens is 695 g/mol. The third-order valence-corrected chi connectivity index (χ3v) is 18.4. The molecule has 6 aliphatic rings. The lowest BCUT2D eigenvalue weighted by atomic mass is 9.32. The van der Waals surface area contributed by atoms with Crippen LogP contribution in [-0.4, -0.2) is 68.0 Å². The van der Waals surface area contributed by atoms with E-state index >= 15 is 0 Å². The van der Waals surface area contributed by atoms with Crippen LogP contribution in [0.1, 0.15) is 115 Å². The minimum atomic E-state index is -2.95. The molecule has 7 nitrogen and oxygen atoms in total. The molecule has 1 aromatic rings. The number of sulfone groups is 1. The summed E-state index contributed by atoms with van der Waals surface area (Å²) in [6.07, 6.45) is 10.9. The summed E-state index contributed by atoms with van der Waals surface area (Å²) in [6.45, 7) is 20.8. The summed E-state index contributed by atoms with van der Waals surface area (Å²) >= 11 is 0. The lowest BCUT2D eigenvalue weighted by Crippen LogP contribution is -2.66. The Morgan fingerprint density at radius 3 is 2.21 bits per heavy atom. The summed E-state index contributed by atoms with van der Waals surface area (Å²) in [4.78, 5) is 28.1. The number of allylic oxidation sites excluding steroid dienone is 3. The van der Waals surface area contributed by atoms with Gasteiger partial charge in [-0.3, -0.25) is 9.69 Å². The molecule has 1 aliphatic heterocycles. The summed E-state index contributed by atoms with van der Waals surface area (Å²) in [5.41, 5.74) is 0.839. The standard InChI is InChI=1S/C43H60F2N2O5S/c1-26(2)28-10-15-43(38(50)46-18-19-47-20-22-53(51,52)23-21-47)17-16-41(6)30(36(28)43)8-9-34-40(5)13-11-29(39(3,4)33(40)12-14-42(34,41)7)27-24-31(44)35(37(48)49)32(45)25-27/h11,24-25,28,30,33-34,36H,1,8-10,12-23H2,2-7H3,(H,46,50)(H,48,49). The zero-order valence-electron chi connectivity index (χ0n) is 32.6. The number of hydrogen-bond donors (Lipinski definition) is 2. The van der Waals surface area contributed by atoms with Gasteiger partial charge in [-0.05, 0) is 139 Å². The van der Waals surface area contributed by atoms with E-state index < -0.39 is 38.4 Å². The van der Waals surface area contributed by atoms with E-state index in [1.807, 2.05) is 0 Å². The number of benzene rings is 1. The quantitative estimate of drug-likeness (QED) is 0.273. The number of aromatic carboxylic acids is 1. The van der Waals surface area contributed by atoms with Gasteiger partial charge in [0.25, 0.3) is 0 Å². The number of carboxylic acid groups (broad SMARTS) is 1. The largest absolute Gasteiger partial charge is 0.477 e. The third-order valence-electron chi connectivity index (χ3n) is 16.8. The highest BCUT2D eigenvalue weighted by atomic mass is 32.2. The van der Waals surface area contributed by atoms with E-state index in [9.17, 15) is 31.9 Å². The SMILES string of the molecule is C=C(C)C1CCC2(C(=O)NCCN3CCS(=O)(=O)CC3)CCC3(C)C(CCC4C5(C)CC=C(c6cc(F)c(C(=O)O)c(F)c6)C(C)(C)C5CCC43C)C12. The molecular formula is C43H60F2N2O5S. The lowest BCUT2D eigenvalue weighted by molar-refractivity contribution is -0.225. The summed E-state index contributed by atoms with van der Waals surface area (Å²) in [5.74, 6) is -1.49. The molecule has 292 valence electrons. The van der Waals surface area contributed by atoms with E-state index in [2.05, 4.69) is 64.4 Å². The molecule has 0 spiro atoms. The molecule has 2 N–H and O–H groups in total. The Morgan fingerprint density at radius 1 is 0.925 bits per heavy atom. The molecule has 5 aliphatic carbocycles. The van der Waals surface area contributed by atoms with Gasteiger partial charge < -0.3 is 10.4 Å². The normalized spacial score (nSPS) is 40.2. The van der Waals surface area contributed by atoms with Crippen LogP contribution in [0.15, 0.2) is 30.4 Å². The Morgan fingerprint density at radius 2 is 1.58 bits per heavy atom. The number of halogens is 2. The number of nitrogens with zero attached hydrogens (tertiary/aromatic N) is 1. The van der Waals surface area contributed by atoms with Crippen LogP contribution in [0.5, 0.6) is 0 Å². The lowest BCUT2D eigenvalue weighted by Gasteiger charge is -2.72. The second-order valence-electron chi connectivity index (χ2n) is 19.3. The summed E-state index contributed by atoms with van der Waals surface area (Å²) in [7, 11) is -2.95. The zero-order valence-corrected chi connectivity index (χ0v) is 33.4. The number of amides is 1. The number of carbonyl (C=O) groups is 2. The zero-order chi connectivity index (χ0) is 38.5. The van der Waals surface area contributed by atoms with E-state index in [1.165, 1.54) is 17.7 Å². The van der Waals surface area contributed by atoms with Gasteiger partial charge in [0.1, 0.15) is 17.2 Å². The first-order valence-corrected chi connectivity index (χ1v) is 21.8. The van der Waals surface area contributed by atoms with Crippen molar-refractivity contribution in [3.8, 4) is 0 Å². The minimum absolute atomic E-state index is 0.0305. The van der Waals surface area contributed by atoms with Crippen LogP contribution in [-0.2, 0) is 14.6 Å². The highest BCUT2D eigenvalue weighted by Crippen LogP contribution is 2.77. The Bertz CT molecular complexity index is 1820. The van der Waals surface area contributed by atoms with Crippen LogP contribution in [0.4, 0.5) is 8.78 Å². The van der Waals surface area contributed by atoms with Gasteiger partial charge >= 0.3 is 5.97 Å². The monoisotopic (exact) mass is 754 g/mol. The summed E-state index contributed by atoms with van der Waals surface area (Å²) in [5, 5.41) is 12.7. The Labute approximate surface area is 315 Å². The van der Waals surface area contributed by atoms with Crippen LogP contribution in [0.25, 0.3) is 5.57 Å². The Balaban J connectivity index is 1.15. The van der Waals surface area contributed by atoms with E-state index in [4.69, 9.17) is 0 Å². The maximum absolute atomic E-state index is 15.0. The van der Waals surface area contributed by atoms with Gasteiger partial charge in [0.05, 0.1) is 16.9 Å². The maximum Gasteiger partial charge on any atom is 0.341 e. The molecule has 9 atom stereocenters. The first kappa shape index (κ1) is 38.7. The predicted octanol–water partition coefficient (Wildman–Crippen LogP) is 8.16. The Hall–Kier alpha value is -2.59. The third kappa shape index (κ3) is 5.80. The van der Waals surface area contributed by atoms with Crippen LogP contribution in [0, 0.1) is 68.3 Å². The molecule has 10 heteroatoms. The van der Waals surface area contributed by atoms with E-state index in [1.54, 1.807) is 0 Å². The van der Waals surface area contributed by atoms with E-state index in [0.29, 0.717) is 49.5 Å². The average Bonchev–Trinajstić information content (AvgIpc) is 3.46. The molecule has 1 aromatic carbocycles. The van der Waals surface area contributed by atoms with Gasteiger partial charge in [-0.2, -0.15) is 0 Å². The van der Waals surface area contributed by atoms with E-state index in [0.717, 1.165) is 63.4 Å². The molecule has 1 heterocycles. The van der Waals surface area contributed by atoms with Crippen molar-refractivity contribution in [1.29, 1.82) is 0 Å². The molecule has 4 saturated carbocycles. The fraction of sp³-hybridized carbons (Fsp3) is 0.721. The Kier molecular flexibility index (Phi) is 9.48. The van der Waals surface area contributed by atoms with Crippen molar-refractivity contribution < 1.29 is 31.9 Å². The number of hydrogen-bond acceptors (Lipinski definition) is 5. The molecule has 5 fully saturated rings. The van der Waals surface area contributed by atoms with Gasteiger partial charge in [0, 0.05) is 26.2 Å². The second kappa shape index (κ2) is 13.0. The molecule has 0 aromatic heterocycles. The van der Waals surface area contributed by atoms with Crippen LogP contribution in [0.2, 0.25) is 0 Å². The smallest absolute Gasteiger partial charge is 0.341 e. The van der Waals surface area contributed by atoms with Crippen molar-refractivity contribution in [2.45, 2.75) is 99.3 Å². The van der Waals surface area contributed by atoms with Crippen LogP contribution >= 0.6 is 0 Å². The van der Waals surface area contributed by atoms with Gasteiger partial charge in [-0.15, -0.1) is 0 Å². The van der Waals surface area contributed by atoms with Crippen molar-refractivity contribution in [2.24, 2.45) is 56.7 Å². The highest BCUT2D eigenvalue weighted by Gasteiger charge is 2.71. The van der Waals surface area contributed by atoms with Crippen molar-refractivity contribution in [2.75, 3.05) is 37.7 Å². The van der Waals surface area contributed by atoms with Gasteiger partial charge in [0.2, 0.25) is 5.91 Å². The van der Waals surface area contributed by atoms with Crippen molar-refractivity contribution >= 4 is 27.3 Å². The number of fused-ring (bicyclic) bond motifs is 7. The minimum Gasteiger partial charge on any atom is -0.477 e. The molecule has 9 unspecified atom stereocenters. The molecule has 7 rings (SSSR count). The maximum atomic E-state index is 15.0. The first-order chi connectivity index (χ1) is 24.7. The summed E-state index contributed by atoms with van der Waals surface area (Å²) in [6, 6.07) is 2.40. The molecule has 1 amide bonds.